The minimum atomic E-state index is -0.280. The zero-order valence-corrected chi connectivity index (χ0v) is 37.4. The Morgan fingerprint density at radius 1 is 0.393 bits per heavy atom. The highest BCUT2D eigenvalue weighted by Gasteiger charge is 2.34. The quantitative estimate of drug-likeness (QED) is 0.0399. The van der Waals surface area contributed by atoms with Crippen molar-refractivity contribution in [2.75, 3.05) is 145 Å². The molecule has 1 aliphatic heterocycles. The molecule has 0 aromatic heterocycles. The Morgan fingerprint density at radius 3 is 1.00 bits per heavy atom. The third-order valence-corrected chi connectivity index (χ3v) is 9.66. The molecule has 0 fully saturated rings. The fourth-order valence-corrected chi connectivity index (χ4v) is 6.25. The van der Waals surface area contributed by atoms with E-state index >= 15 is 0 Å². The molecule has 1 heterocycles. The van der Waals surface area contributed by atoms with E-state index in [1.54, 1.807) is 24.3 Å². The lowest BCUT2D eigenvalue weighted by atomic mass is 10.0. The Hall–Kier alpha value is -2.57. The van der Waals surface area contributed by atoms with Gasteiger partial charge in [0.25, 0.3) is 11.8 Å². The van der Waals surface area contributed by atoms with Gasteiger partial charge in [0, 0.05) is 6.42 Å². The maximum Gasteiger partial charge on any atom is 0.305 e. The summed E-state index contributed by atoms with van der Waals surface area (Å²) in [6.45, 7) is 11.6. The van der Waals surface area contributed by atoms with Gasteiger partial charge in [0.15, 0.2) is 0 Å². The number of carbonyl (C=O) groups excluding carboxylic acids is 3. The van der Waals surface area contributed by atoms with Crippen molar-refractivity contribution >= 4 is 17.8 Å². The molecule has 1 aliphatic rings. The van der Waals surface area contributed by atoms with Crippen molar-refractivity contribution in [3.05, 3.63) is 35.4 Å². The van der Waals surface area contributed by atoms with Crippen molar-refractivity contribution in [1.29, 1.82) is 0 Å². The number of nitrogens with zero attached hydrogens (tertiary/aromatic N) is 1. The zero-order chi connectivity index (χ0) is 43.5. The largest absolute Gasteiger partial charge is 0.463 e. The predicted octanol–water partition coefficient (Wildman–Crippen LogP) is 6.47. The van der Waals surface area contributed by atoms with Crippen molar-refractivity contribution in [3.63, 3.8) is 0 Å². The second kappa shape index (κ2) is 41.4. The molecule has 1 aromatic rings. The summed E-state index contributed by atoms with van der Waals surface area (Å²) in [5, 5.41) is 0. The van der Waals surface area contributed by atoms with Crippen LogP contribution in [0.25, 0.3) is 0 Å². The first kappa shape index (κ1) is 54.6. The number of amides is 2. The van der Waals surface area contributed by atoms with Crippen LogP contribution in [0.1, 0.15) is 118 Å². The van der Waals surface area contributed by atoms with Crippen molar-refractivity contribution in [2.45, 2.75) is 96.8 Å². The molecule has 0 saturated carbocycles. The Morgan fingerprint density at radius 2 is 0.672 bits per heavy atom. The zero-order valence-electron chi connectivity index (χ0n) is 37.4. The van der Waals surface area contributed by atoms with Gasteiger partial charge >= 0.3 is 5.97 Å². The number of ether oxygens (including phenoxy) is 11. The van der Waals surface area contributed by atoms with Gasteiger partial charge in [-0.05, 0) is 18.6 Å². The van der Waals surface area contributed by atoms with Crippen LogP contribution in [0.15, 0.2) is 24.3 Å². The Kier molecular flexibility index (Phi) is 37.1. The predicted molar refractivity (Wildman–Crippen MR) is 231 cm³/mol. The van der Waals surface area contributed by atoms with Crippen molar-refractivity contribution < 1.29 is 66.5 Å². The summed E-state index contributed by atoms with van der Waals surface area (Å²) in [6, 6.07) is 6.82. The molecule has 1 aromatic carbocycles. The fraction of sp³-hybridized carbons (Fsp3) is 0.804. The van der Waals surface area contributed by atoms with Crippen LogP contribution in [0.2, 0.25) is 0 Å². The number of carbonyl (C=O) groups is 3. The number of unbranched alkanes of at least 4 members (excludes halogenated alkanes) is 12. The summed E-state index contributed by atoms with van der Waals surface area (Å²) in [6.07, 6.45) is 17.2. The van der Waals surface area contributed by atoms with Crippen molar-refractivity contribution in [1.82, 2.24) is 4.90 Å². The summed E-state index contributed by atoms with van der Waals surface area (Å²) in [5.41, 5.74) is 0.880. The number of imide groups is 1. The van der Waals surface area contributed by atoms with Gasteiger partial charge in [-0.3, -0.25) is 19.3 Å². The maximum absolute atomic E-state index is 12.3. The number of hydrogen-bond donors (Lipinski definition) is 0. The molecule has 0 spiro atoms. The molecule has 0 radical (unpaired) electrons. The third-order valence-electron chi connectivity index (χ3n) is 9.66. The molecule has 0 N–H and O–H groups in total. The maximum atomic E-state index is 12.3. The standard InChI is InChI=1S/C46H79NO14/c1-2-3-4-5-6-7-8-9-10-11-12-13-14-19-44(48)61-41-40-60-39-38-59-37-36-58-35-34-57-33-32-56-31-30-55-29-28-54-27-26-53-25-24-52-23-22-51-21-20-47-45(49)42-17-15-16-18-43(42)46(47)50/h15-18H,2-14,19-41H2,1H3. The van der Waals surface area contributed by atoms with Gasteiger partial charge in [0.2, 0.25) is 0 Å². The van der Waals surface area contributed by atoms with Crippen LogP contribution in [0.4, 0.5) is 0 Å². The highest BCUT2D eigenvalue weighted by Crippen LogP contribution is 2.22. The van der Waals surface area contributed by atoms with E-state index in [1.165, 1.54) is 75.5 Å². The van der Waals surface area contributed by atoms with E-state index in [2.05, 4.69) is 6.92 Å². The van der Waals surface area contributed by atoms with Crippen LogP contribution >= 0.6 is 0 Å². The highest BCUT2D eigenvalue weighted by molar-refractivity contribution is 6.21. The molecule has 352 valence electrons. The van der Waals surface area contributed by atoms with Gasteiger partial charge in [0.05, 0.1) is 150 Å². The van der Waals surface area contributed by atoms with Gasteiger partial charge in [-0.1, -0.05) is 96.1 Å². The van der Waals surface area contributed by atoms with E-state index < -0.39 is 0 Å². The number of esters is 1. The third kappa shape index (κ3) is 31.0. The highest BCUT2D eigenvalue weighted by atomic mass is 16.6. The molecule has 0 atom stereocenters. The van der Waals surface area contributed by atoms with E-state index in [0.717, 1.165) is 12.8 Å². The molecule has 61 heavy (non-hydrogen) atoms. The average Bonchev–Trinajstić information content (AvgIpc) is 3.51. The summed E-state index contributed by atoms with van der Waals surface area (Å²) in [5.74, 6) is -0.698. The lowest BCUT2D eigenvalue weighted by Gasteiger charge is -2.13. The van der Waals surface area contributed by atoms with Crippen LogP contribution in [-0.2, 0) is 56.9 Å². The smallest absolute Gasteiger partial charge is 0.305 e. The number of benzene rings is 1. The van der Waals surface area contributed by atoms with Gasteiger partial charge < -0.3 is 52.1 Å². The molecule has 0 aliphatic carbocycles. The normalized spacial score (nSPS) is 12.5. The second-order valence-corrected chi connectivity index (χ2v) is 14.6. The van der Waals surface area contributed by atoms with E-state index in [0.29, 0.717) is 143 Å². The van der Waals surface area contributed by atoms with E-state index in [-0.39, 0.29) is 37.5 Å². The molecule has 0 saturated heterocycles. The van der Waals surface area contributed by atoms with Crippen molar-refractivity contribution in [2.24, 2.45) is 0 Å². The van der Waals surface area contributed by atoms with Gasteiger partial charge in [0.1, 0.15) is 6.61 Å². The first-order valence-corrected chi connectivity index (χ1v) is 23.0. The minimum Gasteiger partial charge on any atom is -0.463 e. The van der Waals surface area contributed by atoms with E-state index in [4.69, 9.17) is 52.1 Å². The lowest BCUT2D eigenvalue weighted by molar-refractivity contribution is -0.145. The monoisotopic (exact) mass is 870 g/mol. The average molecular weight is 870 g/mol. The topological polar surface area (TPSA) is 156 Å². The summed E-state index contributed by atoms with van der Waals surface area (Å²) in [4.78, 5) is 37.8. The SMILES string of the molecule is CCCCCCCCCCCCCCCC(=O)OCCOCCOCCOCCOCCOCCOCCOCCOCCOCCOCCN1C(=O)c2ccccc2C1=O. The molecule has 0 bridgehead atoms. The summed E-state index contributed by atoms with van der Waals surface area (Å²) >= 11 is 0. The van der Waals surface area contributed by atoms with Gasteiger partial charge in [-0.25, -0.2) is 0 Å². The van der Waals surface area contributed by atoms with Crippen LogP contribution in [0.3, 0.4) is 0 Å². The number of fused-ring (bicyclic) bond motifs is 1. The summed E-state index contributed by atoms with van der Waals surface area (Å²) < 4.78 is 60.2. The molecule has 2 amide bonds. The molecule has 15 nitrogen and oxygen atoms in total. The minimum absolute atomic E-state index is 0.139. The Balaban J connectivity index is 1.15. The first-order chi connectivity index (χ1) is 30.1. The lowest BCUT2D eigenvalue weighted by Crippen LogP contribution is -2.33. The molecular formula is C46H79NO14. The van der Waals surface area contributed by atoms with Gasteiger partial charge in [-0.2, -0.15) is 0 Å². The van der Waals surface area contributed by atoms with Crippen LogP contribution < -0.4 is 0 Å². The molecule has 15 heteroatoms. The first-order valence-electron chi connectivity index (χ1n) is 23.0. The number of hydrogen-bond acceptors (Lipinski definition) is 14. The van der Waals surface area contributed by atoms with E-state index in [9.17, 15) is 14.4 Å². The Labute approximate surface area is 366 Å². The summed E-state index contributed by atoms with van der Waals surface area (Å²) in [7, 11) is 0. The Bertz CT molecular complexity index is 1160. The van der Waals surface area contributed by atoms with Crippen molar-refractivity contribution in [3.8, 4) is 0 Å². The van der Waals surface area contributed by atoms with Gasteiger partial charge in [-0.15, -0.1) is 0 Å². The van der Waals surface area contributed by atoms with E-state index in [1.807, 2.05) is 0 Å². The molecule has 2 rings (SSSR count). The van der Waals surface area contributed by atoms with Crippen LogP contribution in [-0.4, -0.2) is 168 Å². The fourth-order valence-electron chi connectivity index (χ4n) is 6.25. The second-order valence-electron chi connectivity index (χ2n) is 14.6. The number of rotatable bonds is 47. The van der Waals surface area contributed by atoms with Crippen LogP contribution in [0, 0.1) is 0 Å². The van der Waals surface area contributed by atoms with Crippen LogP contribution in [0.5, 0.6) is 0 Å². The molecular weight excluding hydrogens is 790 g/mol. The molecule has 0 unspecified atom stereocenters.